The molecule has 1 N–H and O–H groups in total. The van der Waals surface area contributed by atoms with Crippen molar-refractivity contribution < 1.29 is 18.7 Å². The number of nitrogens with one attached hydrogen (secondary N) is 1. The minimum atomic E-state index is -0.665. The molecule has 2 rings (SSSR count). The van der Waals surface area contributed by atoms with Crippen molar-refractivity contribution >= 4 is 35.2 Å². The standard InChI is InChI=1S/C18H15ClFNO3/c1-12-4-2-3-5-13(12)6-9-18(23)24-11-17(22)21-16-8-7-14(19)10-15(16)20/h2-10H,11H2,1H3,(H,21,22)/b9-6+. The molecular weight excluding hydrogens is 333 g/mol. The Balaban J connectivity index is 1.85. The molecule has 2 aromatic rings. The van der Waals surface area contributed by atoms with Crippen molar-refractivity contribution in [3.05, 3.63) is 70.5 Å². The second-order valence-electron chi connectivity index (χ2n) is 4.97. The molecule has 0 bridgehead atoms. The van der Waals surface area contributed by atoms with Crippen LogP contribution in [0.1, 0.15) is 11.1 Å². The zero-order valence-electron chi connectivity index (χ0n) is 12.9. The van der Waals surface area contributed by atoms with E-state index < -0.39 is 24.3 Å². The van der Waals surface area contributed by atoms with E-state index in [1.54, 1.807) is 6.08 Å². The number of aryl methyl sites for hydroxylation is 1. The maximum absolute atomic E-state index is 13.5. The Labute approximate surface area is 143 Å². The third-order valence-corrected chi connectivity index (χ3v) is 3.37. The fraction of sp³-hybridized carbons (Fsp3) is 0.111. The monoisotopic (exact) mass is 347 g/mol. The van der Waals surface area contributed by atoms with Gasteiger partial charge in [0.2, 0.25) is 0 Å². The van der Waals surface area contributed by atoms with E-state index in [9.17, 15) is 14.0 Å². The van der Waals surface area contributed by atoms with E-state index in [-0.39, 0.29) is 10.7 Å². The van der Waals surface area contributed by atoms with Gasteiger partial charge in [-0.3, -0.25) is 4.79 Å². The average Bonchev–Trinajstić information content (AvgIpc) is 2.55. The van der Waals surface area contributed by atoms with Crippen LogP contribution in [0, 0.1) is 12.7 Å². The zero-order valence-corrected chi connectivity index (χ0v) is 13.6. The van der Waals surface area contributed by atoms with Gasteiger partial charge in [-0.25, -0.2) is 9.18 Å². The van der Waals surface area contributed by atoms with E-state index in [0.29, 0.717) is 0 Å². The molecule has 0 atom stereocenters. The Kier molecular flexibility index (Phi) is 6.09. The van der Waals surface area contributed by atoms with Gasteiger partial charge >= 0.3 is 5.97 Å². The number of ether oxygens (including phenoxy) is 1. The number of hydrogen-bond donors (Lipinski definition) is 1. The first-order valence-corrected chi connectivity index (χ1v) is 7.49. The molecule has 2 aromatic carbocycles. The number of halogens is 2. The van der Waals surface area contributed by atoms with Crippen molar-refractivity contribution in [3.8, 4) is 0 Å². The predicted molar refractivity (Wildman–Crippen MR) is 91.2 cm³/mol. The Hall–Kier alpha value is -2.66. The number of anilines is 1. The number of hydrogen-bond acceptors (Lipinski definition) is 3. The van der Waals surface area contributed by atoms with Crippen molar-refractivity contribution in [3.63, 3.8) is 0 Å². The van der Waals surface area contributed by atoms with Crippen LogP contribution in [0.25, 0.3) is 6.08 Å². The van der Waals surface area contributed by atoms with Crippen molar-refractivity contribution in [1.29, 1.82) is 0 Å². The van der Waals surface area contributed by atoms with Gasteiger partial charge in [-0.15, -0.1) is 0 Å². The molecule has 0 aliphatic rings. The lowest BCUT2D eigenvalue weighted by Gasteiger charge is -2.06. The van der Waals surface area contributed by atoms with Gasteiger partial charge in [-0.1, -0.05) is 35.9 Å². The van der Waals surface area contributed by atoms with Gasteiger partial charge in [0.05, 0.1) is 5.69 Å². The molecule has 0 unspecified atom stereocenters. The first-order valence-electron chi connectivity index (χ1n) is 7.11. The van der Waals surface area contributed by atoms with Crippen molar-refractivity contribution in [2.24, 2.45) is 0 Å². The van der Waals surface area contributed by atoms with E-state index in [1.807, 2.05) is 31.2 Å². The Morgan fingerprint density at radius 1 is 1.25 bits per heavy atom. The summed E-state index contributed by atoms with van der Waals surface area (Å²) in [6.07, 6.45) is 2.84. The quantitative estimate of drug-likeness (QED) is 0.657. The van der Waals surface area contributed by atoms with Crippen molar-refractivity contribution in [2.75, 3.05) is 11.9 Å². The number of amides is 1. The molecule has 4 nitrogen and oxygen atoms in total. The van der Waals surface area contributed by atoms with Crippen LogP contribution in [-0.2, 0) is 14.3 Å². The van der Waals surface area contributed by atoms with E-state index >= 15 is 0 Å². The van der Waals surface area contributed by atoms with E-state index in [2.05, 4.69) is 5.32 Å². The van der Waals surface area contributed by atoms with Crippen LogP contribution < -0.4 is 5.32 Å². The normalized spacial score (nSPS) is 10.6. The average molecular weight is 348 g/mol. The molecule has 0 fully saturated rings. The summed E-state index contributed by atoms with van der Waals surface area (Å²) in [5, 5.41) is 2.52. The molecule has 1 amide bonds. The van der Waals surface area contributed by atoms with Gasteiger partial charge in [0, 0.05) is 11.1 Å². The molecule has 0 radical (unpaired) electrons. The number of carbonyl (C=O) groups is 2. The number of rotatable bonds is 5. The minimum absolute atomic E-state index is 0.0316. The molecule has 0 aliphatic heterocycles. The SMILES string of the molecule is Cc1ccccc1/C=C/C(=O)OCC(=O)Nc1ccc(Cl)cc1F. The summed E-state index contributed by atoms with van der Waals surface area (Å²) in [4.78, 5) is 23.3. The van der Waals surface area contributed by atoms with Crippen LogP contribution in [-0.4, -0.2) is 18.5 Å². The van der Waals surface area contributed by atoms with Crippen LogP contribution in [0.15, 0.2) is 48.5 Å². The molecule has 0 spiro atoms. The molecule has 124 valence electrons. The van der Waals surface area contributed by atoms with Gasteiger partial charge < -0.3 is 10.1 Å². The molecule has 0 heterocycles. The van der Waals surface area contributed by atoms with Gasteiger partial charge in [-0.2, -0.15) is 0 Å². The van der Waals surface area contributed by atoms with Gasteiger partial charge in [0.1, 0.15) is 5.82 Å². The first kappa shape index (κ1) is 17.7. The molecule has 24 heavy (non-hydrogen) atoms. The molecule has 0 saturated heterocycles. The van der Waals surface area contributed by atoms with Crippen LogP contribution in [0.3, 0.4) is 0 Å². The second-order valence-corrected chi connectivity index (χ2v) is 5.41. The topological polar surface area (TPSA) is 55.4 Å². The largest absolute Gasteiger partial charge is 0.452 e. The lowest BCUT2D eigenvalue weighted by molar-refractivity contribution is -0.142. The smallest absolute Gasteiger partial charge is 0.331 e. The summed E-state index contributed by atoms with van der Waals surface area (Å²) < 4.78 is 18.4. The maximum atomic E-state index is 13.5. The van der Waals surface area contributed by atoms with Gasteiger partial charge in [0.15, 0.2) is 6.61 Å². The molecular formula is C18H15ClFNO3. The highest BCUT2D eigenvalue weighted by Gasteiger charge is 2.09. The summed E-state index contributed by atoms with van der Waals surface area (Å²) in [5.74, 6) is -1.97. The van der Waals surface area contributed by atoms with Crippen LogP contribution in [0.4, 0.5) is 10.1 Å². The lowest BCUT2D eigenvalue weighted by atomic mass is 10.1. The van der Waals surface area contributed by atoms with Crippen molar-refractivity contribution in [1.82, 2.24) is 0 Å². The molecule has 0 aliphatic carbocycles. The van der Waals surface area contributed by atoms with Gasteiger partial charge in [-0.05, 0) is 42.3 Å². The lowest BCUT2D eigenvalue weighted by Crippen LogP contribution is -2.20. The molecule has 0 aromatic heterocycles. The third kappa shape index (κ3) is 5.21. The van der Waals surface area contributed by atoms with Crippen LogP contribution in [0.2, 0.25) is 5.02 Å². The first-order chi connectivity index (χ1) is 11.5. The summed E-state index contributed by atoms with van der Waals surface area (Å²) >= 11 is 5.62. The van der Waals surface area contributed by atoms with E-state index in [1.165, 1.54) is 18.2 Å². The summed E-state index contributed by atoms with van der Waals surface area (Å²) in [6, 6.07) is 11.4. The third-order valence-electron chi connectivity index (χ3n) is 3.14. The highest BCUT2D eigenvalue weighted by molar-refractivity contribution is 6.30. The number of carbonyl (C=O) groups excluding carboxylic acids is 2. The predicted octanol–water partition coefficient (Wildman–Crippen LogP) is 3.98. The Morgan fingerprint density at radius 2 is 2.00 bits per heavy atom. The Bertz CT molecular complexity index is 790. The zero-order chi connectivity index (χ0) is 17.5. The summed E-state index contributed by atoms with van der Waals surface area (Å²) in [7, 11) is 0. The Morgan fingerprint density at radius 3 is 2.71 bits per heavy atom. The highest BCUT2D eigenvalue weighted by Crippen LogP contribution is 2.18. The fourth-order valence-electron chi connectivity index (χ4n) is 1.89. The van der Waals surface area contributed by atoms with Crippen LogP contribution >= 0.6 is 11.6 Å². The fourth-order valence-corrected chi connectivity index (χ4v) is 2.05. The van der Waals surface area contributed by atoms with E-state index in [4.69, 9.17) is 16.3 Å². The van der Waals surface area contributed by atoms with Crippen LogP contribution in [0.5, 0.6) is 0 Å². The minimum Gasteiger partial charge on any atom is -0.452 e. The van der Waals surface area contributed by atoms with Crippen molar-refractivity contribution in [2.45, 2.75) is 6.92 Å². The number of benzene rings is 2. The maximum Gasteiger partial charge on any atom is 0.331 e. The summed E-state index contributed by atoms with van der Waals surface area (Å²) in [6.45, 7) is 1.40. The molecule has 6 heteroatoms. The summed E-state index contributed by atoms with van der Waals surface area (Å²) in [5.41, 5.74) is 1.86. The highest BCUT2D eigenvalue weighted by atomic mass is 35.5. The van der Waals surface area contributed by atoms with E-state index in [0.717, 1.165) is 17.2 Å². The second kappa shape index (κ2) is 8.26. The van der Waals surface area contributed by atoms with Gasteiger partial charge in [0.25, 0.3) is 5.91 Å². The molecule has 0 saturated carbocycles. The number of esters is 1.